The molecule has 23 heavy (non-hydrogen) atoms. The molecule has 0 radical (unpaired) electrons. The number of ether oxygens (including phenoxy) is 1. The molecule has 1 fully saturated rings. The Hall–Kier alpha value is -2.19. The maximum Gasteiger partial charge on any atom is 0.273 e. The largest absolute Gasteiger partial charge is 0.469 e. The molecule has 2 aromatic rings. The molecular weight excluding hydrogens is 298 g/mol. The van der Waals surface area contributed by atoms with Crippen LogP contribution in [0, 0.1) is 0 Å². The van der Waals surface area contributed by atoms with Gasteiger partial charge in [0.05, 0.1) is 32.2 Å². The van der Waals surface area contributed by atoms with Crippen molar-refractivity contribution in [2.75, 3.05) is 39.4 Å². The zero-order chi connectivity index (χ0) is 15.9. The monoisotopic (exact) mass is 319 g/mol. The number of carbonyl (C=O) groups is 1. The van der Waals surface area contributed by atoms with Crippen LogP contribution in [0.15, 0.2) is 29.0 Å². The van der Waals surface area contributed by atoms with Crippen molar-refractivity contribution in [1.82, 2.24) is 25.2 Å². The quantitative estimate of drug-likeness (QED) is 0.783. The van der Waals surface area contributed by atoms with Crippen LogP contribution in [0.5, 0.6) is 0 Å². The predicted molar refractivity (Wildman–Crippen MR) is 82.0 cm³/mol. The van der Waals surface area contributed by atoms with Crippen LogP contribution in [0.4, 0.5) is 0 Å². The van der Waals surface area contributed by atoms with E-state index in [1.165, 1.54) is 0 Å². The van der Waals surface area contributed by atoms with Crippen molar-refractivity contribution >= 4 is 5.91 Å². The maximum absolute atomic E-state index is 12.0. The summed E-state index contributed by atoms with van der Waals surface area (Å²) in [7, 11) is 0. The number of furan rings is 1. The van der Waals surface area contributed by atoms with Crippen molar-refractivity contribution in [2.45, 2.75) is 13.0 Å². The standard InChI is InChI=1S/C15H21N5O3/c21-15(16-4-3-13-2-1-9-23-13)14-12-20(18-17-14)6-5-19-7-10-22-11-8-19/h1-2,9,12H,3-8,10-11H2,(H,16,21). The van der Waals surface area contributed by atoms with Gasteiger partial charge in [0.25, 0.3) is 5.91 Å². The number of nitrogens with one attached hydrogen (secondary N) is 1. The molecule has 0 atom stereocenters. The highest BCUT2D eigenvalue weighted by atomic mass is 16.5. The molecule has 3 heterocycles. The lowest BCUT2D eigenvalue weighted by molar-refractivity contribution is 0.0359. The van der Waals surface area contributed by atoms with Gasteiger partial charge in [-0.1, -0.05) is 5.21 Å². The summed E-state index contributed by atoms with van der Waals surface area (Å²) < 4.78 is 12.2. The second-order valence-corrected chi connectivity index (χ2v) is 5.41. The summed E-state index contributed by atoms with van der Waals surface area (Å²) in [5.41, 5.74) is 0.339. The van der Waals surface area contributed by atoms with E-state index < -0.39 is 0 Å². The van der Waals surface area contributed by atoms with Crippen molar-refractivity contribution in [1.29, 1.82) is 0 Å². The molecule has 1 amide bonds. The predicted octanol–water partition coefficient (Wildman–Crippen LogP) is 0.176. The summed E-state index contributed by atoms with van der Waals surface area (Å²) in [6.45, 7) is 5.54. The molecule has 124 valence electrons. The van der Waals surface area contributed by atoms with Gasteiger partial charge < -0.3 is 14.5 Å². The Morgan fingerprint density at radius 3 is 2.96 bits per heavy atom. The normalized spacial score (nSPS) is 15.7. The highest BCUT2D eigenvalue weighted by Gasteiger charge is 2.13. The third-order valence-corrected chi connectivity index (χ3v) is 3.76. The summed E-state index contributed by atoms with van der Waals surface area (Å²) in [5, 5.41) is 10.8. The molecule has 3 rings (SSSR count). The highest BCUT2D eigenvalue weighted by Crippen LogP contribution is 2.01. The van der Waals surface area contributed by atoms with Crippen LogP contribution >= 0.6 is 0 Å². The number of morpholine rings is 1. The van der Waals surface area contributed by atoms with Gasteiger partial charge in [-0.3, -0.25) is 14.4 Å². The third-order valence-electron chi connectivity index (χ3n) is 3.76. The SMILES string of the molecule is O=C(NCCc1ccco1)c1cn(CCN2CCOCC2)nn1. The van der Waals surface area contributed by atoms with Gasteiger partial charge >= 0.3 is 0 Å². The smallest absolute Gasteiger partial charge is 0.273 e. The second kappa shape index (κ2) is 7.89. The number of carbonyl (C=O) groups excluding carboxylic acids is 1. The van der Waals surface area contributed by atoms with Gasteiger partial charge in [0.2, 0.25) is 0 Å². The molecule has 0 aliphatic carbocycles. The molecule has 8 nitrogen and oxygen atoms in total. The van der Waals surface area contributed by atoms with Crippen LogP contribution in [-0.4, -0.2) is 65.2 Å². The van der Waals surface area contributed by atoms with Crippen molar-refractivity contribution in [2.24, 2.45) is 0 Å². The fraction of sp³-hybridized carbons (Fsp3) is 0.533. The lowest BCUT2D eigenvalue weighted by Gasteiger charge is -2.26. The van der Waals surface area contributed by atoms with Crippen molar-refractivity contribution in [3.8, 4) is 0 Å². The summed E-state index contributed by atoms with van der Waals surface area (Å²) in [4.78, 5) is 14.3. The van der Waals surface area contributed by atoms with Crippen molar-refractivity contribution < 1.29 is 13.9 Å². The van der Waals surface area contributed by atoms with E-state index in [-0.39, 0.29) is 5.91 Å². The second-order valence-electron chi connectivity index (χ2n) is 5.41. The van der Waals surface area contributed by atoms with Crippen molar-refractivity contribution in [3.05, 3.63) is 36.0 Å². The Morgan fingerprint density at radius 2 is 2.17 bits per heavy atom. The average molecular weight is 319 g/mol. The fourth-order valence-corrected chi connectivity index (χ4v) is 2.42. The van der Waals surface area contributed by atoms with Gasteiger partial charge in [0.15, 0.2) is 5.69 Å². The minimum Gasteiger partial charge on any atom is -0.469 e. The van der Waals surface area contributed by atoms with Crippen molar-refractivity contribution in [3.63, 3.8) is 0 Å². The van der Waals surface area contributed by atoms with Gasteiger partial charge in [0, 0.05) is 32.6 Å². The Kier molecular flexibility index (Phi) is 5.38. The molecule has 8 heteroatoms. The van der Waals surface area contributed by atoms with Gasteiger partial charge in [-0.2, -0.15) is 0 Å². The van der Waals surface area contributed by atoms with Crippen LogP contribution in [0.3, 0.4) is 0 Å². The topological polar surface area (TPSA) is 85.4 Å². The number of amides is 1. The molecule has 0 aromatic carbocycles. The molecule has 1 N–H and O–H groups in total. The van der Waals surface area contributed by atoms with Crippen LogP contribution in [0.25, 0.3) is 0 Å². The zero-order valence-corrected chi connectivity index (χ0v) is 13.0. The van der Waals surface area contributed by atoms with E-state index in [1.54, 1.807) is 17.1 Å². The van der Waals surface area contributed by atoms with Crippen LogP contribution in [0.2, 0.25) is 0 Å². The molecule has 1 saturated heterocycles. The Balaban J connectivity index is 1.41. The molecule has 0 unspecified atom stereocenters. The first-order valence-electron chi connectivity index (χ1n) is 7.82. The number of rotatable bonds is 7. The number of aromatic nitrogens is 3. The molecule has 0 bridgehead atoms. The van der Waals surface area contributed by atoms with E-state index in [1.807, 2.05) is 12.1 Å². The van der Waals surface area contributed by atoms with Crippen LogP contribution in [0.1, 0.15) is 16.2 Å². The Bertz CT molecular complexity index is 604. The lowest BCUT2D eigenvalue weighted by atomic mass is 10.3. The number of hydrogen-bond acceptors (Lipinski definition) is 6. The summed E-state index contributed by atoms with van der Waals surface area (Å²) in [5.74, 6) is 0.633. The number of hydrogen-bond donors (Lipinski definition) is 1. The van der Waals surface area contributed by atoms with E-state index in [4.69, 9.17) is 9.15 Å². The average Bonchev–Trinajstić information content (AvgIpc) is 3.25. The Labute approximate surface area is 134 Å². The highest BCUT2D eigenvalue weighted by molar-refractivity contribution is 5.91. The molecule has 1 aliphatic heterocycles. The lowest BCUT2D eigenvalue weighted by Crippen LogP contribution is -2.38. The van der Waals surface area contributed by atoms with E-state index >= 15 is 0 Å². The van der Waals surface area contributed by atoms with Crippen LogP contribution < -0.4 is 5.32 Å². The van der Waals surface area contributed by atoms with E-state index in [0.717, 1.165) is 38.6 Å². The first-order chi connectivity index (χ1) is 11.3. The minimum atomic E-state index is -0.214. The fourth-order valence-electron chi connectivity index (χ4n) is 2.42. The van der Waals surface area contributed by atoms with E-state index in [0.29, 0.717) is 25.2 Å². The molecule has 1 aliphatic rings. The Morgan fingerprint density at radius 1 is 1.30 bits per heavy atom. The van der Waals surface area contributed by atoms with E-state index in [9.17, 15) is 4.79 Å². The van der Waals surface area contributed by atoms with Gasteiger partial charge in [-0.25, -0.2) is 0 Å². The van der Waals surface area contributed by atoms with Gasteiger partial charge in [0.1, 0.15) is 5.76 Å². The first-order valence-corrected chi connectivity index (χ1v) is 7.82. The van der Waals surface area contributed by atoms with Gasteiger partial charge in [-0.05, 0) is 12.1 Å². The summed E-state index contributed by atoms with van der Waals surface area (Å²) in [6.07, 6.45) is 3.96. The molecular formula is C15H21N5O3. The first kappa shape index (κ1) is 15.7. The zero-order valence-electron chi connectivity index (χ0n) is 13.0. The molecule has 0 saturated carbocycles. The van der Waals surface area contributed by atoms with E-state index in [2.05, 4.69) is 20.5 Å². The maximum atomic E-state index is 12.0. The summed E-state index contributed by atoms with van der Waals surface area (Å²) >= 11 is 0. The summed E-state index contributed by atoms with van der Waals surface area (Å²) in [6, 6.07) is 3.71. The van der Waals surface area contributed by atoms with Gasteiger partial charge in [-0.15, -0.1) is 5.10 Å². The molecule has 2 aromatic heterocycles. The third kappa shape index (κ3) is 4.64. The minimum absolute atomic E-state index is 0.214. The number of nitrogens with zero attached hydrogens (tertiary/aromatic N) is 4. The molecule has 0 spiro atoms. The van der Waals surface area contributed by atoms with Crippen LogP contribution in [-0.2, 0) is 17.7 Å².